The molecule has 0 N–H and O–H groups in total. The van der Waals surface area contributed by atoms with Crippen LogP contribution in [0, 0.1) is 0 Å². The molecule has 1 aliphatic rings. The molecular formula is C6H8N2O2S. The lowest BCUT2D eigenvalue weighted by molar-refractivity contribution is 0.596. The zero-order valence-electron chi connectivity index (χ0n) is 6.11. The SMILES string of the molecule is Cn1cc2c(n1)CS(=O)(=O)C2. The standard InChI is InChI=1S/C6H8N2O2S/c1-8-2-5-3-11(9,10)4-6(5)7-8/h2H,3-4H2,1H3. The fourth-order valence-corrected chi connectivity index (χ4v) is 2.80. The van der Waals surface area contributed by atoms with Crippen LogP contribution >= 0.6 is 0 Å². The van der Waals surface area contributed by atoms with Gasteiger partial charge in [0.15, 0.2) is 9.84 Å². The third kappa shape index (κ3) is 1.05. The molecule has 0 aliphatic carbocycles. The van der Waals surface area contributed by atoms with Crippen molar-refractivity contribution in [3.05, 3.63) is 17.5 Å². The maximum atomic E-state index is 11.0. The lowest BCUT2D eigenvalue weighted by Crippen LogP contribution is -1.99. The van der Waals surface area contributed by atoms with Gasteiger partial charge in [-0.15, -0.1) is 0 Å². The molecule has 0 saturated heterocycles. The number of sulfone groups is 1. The molecule has 1 aromatic heterocycles. The van der Waals surface area contributed by atoms with Crippen molar-refractivity contribution in [3.8, 4) is 0 Å². The van der Waals surface area contributed by atoms with Crippen molar-refractivity contribution >= 4 is 9.84 Å². The molecule has 0 spiro atoms. The molecular weight excluding hydrogens is 164 g/mol. The number of rotatable bonds is 0. The third-order valence-electron chi connectivity index (χ3n) is 1.72. The normalized spacial score (nSPS) is 20.1. The quantitative estimate of drug-likeness (QED) is 0.546. The van der Waals surface area contributed by atoms with E-state index >= 15 is 0 Å². The third-order valence-corrected chi connectivity index (χ3v) is 3.19. The second kappa shape index (κ2) is 1.85. The van der Waals surface area contributed by atoms with Crippen LogP contribution in [-0.2, 0) is 28.4 Å². The first-order chi connectivity index (χ1) is 5.07. The first-order valence-corrected chi connectivity index (χ1v) is 5.11. The second-order valence-electron chi connectivity index (χ2n) is 2.81. The van der Waals surface area contributed by atoms with Gasteiger partial charge in [0.1, 0.15) is 0 Å². The Hall–Kier alpha value is -0.840. The molecule has 0 fully saturated rings. The van der Waals surface area contributed by atoms with Crippen molar-refractivity contribution in [3.63, 3.8) is 0 Å². The van der Waals surface area contributed by atoms with Gasteiger partial charge in [-0.2, -0.15) is 5.10 Å². The average molecular weight is 172 g/mol. The Morgan fingerprint density at radius 3 is 2.91 bits per heavy atom. The summed E-state index contributed by atoms with van der Waals surface area (Å²) < 4.78 is 23.7. The van der Waals surface area contributed by atoms with Gasteiger partial charge < -0.3 is 0 Å². The minimum Gasteiger partial charge on any atom is -0.275 e. The van der Waals surface area contributed by atoms with Crippen molar-refractivity contribution in [1.29, 1.82) is 0 Å². The van der Waals surface area contributed by atoms with E-state index in [1.165, 1.54) is 0 Å². The molecule has 0 saturated carbocycles. The molecule has 1 aromatic rings. The zero-order valence-corrected chi connectivity index (χ0v) is 6.93. The summed E-state index contributed by atoms with van der Waals surface area (Å²) in [5.41, 5.74) is 1.57. The van der Waals surface area contributed by atoms with E-state index in [0.29, 0.717) is 5.69 Å². The fraction of sp³-hybridized carbons (Fsp3) is 0.500. The maximum absolute atomic E-state index is 11.0. The highest BCUT2D eigenvalue weighted by atomic mass is 32.2. The van der Waals surface area contributed by atoms with Gasteiger partial charge in [-0.3, -0.25) is 4.68 Å². The Morgan fingerprint density at radius 2 is 2.27 bits per heavy atom. The second-order valence-corrected chi connectivity index (χ2v) is 4.87. The molecule has 4 nitrogen and oxygen atoms in total. The molecule has 11 heavy (non-hydrogen) atoms. The van der Waals surface area contributed by atoms with E-state index < -0.39 is 9.84 Å². The van der Waals surface area contributed by atoms with Crippen LogP contribution in [0.1, 0.15) is 11.3 Å². The van der Waals surface area contributed by atoms with E-state index in [1.807, 2.05) is 0 Å². The van der Waals surface area contributed by atoms with Gasteiger partial charge in [0.2, 0.25) is 0 Å². The summed E-state index contributed by atoms with van der Waals surface area (Å²) in [5.74, 6) is 0.277. The molecule has 2 heterocycles. The van der Waals surface area contributed by atoms with E-state index in [-0.39, 0.29) is 11.5 Å². The predicted molar refractivity (Wildman–Crippen MR) is 39.5 cm³/mol. The van der Waals surface area contributed by atoms with Crippen LogP contribution in [-0.4, -0.2) is 18.2 Å². The average Bonchev–Trinajstić information content (AvgIpc) is 2.17. The van der Waals surface area contributed by atoms with Crippen molar-refractivity contribution in [2.45, 2.75) is 11.5 Å². The van der Waals surface area contributed by atoms with Gasteiger partial charge in [-0.05, 0) is 0 Å². The molecule has 1 aliphatic heterocycles. The minimum absolute atomic E-state index is 0.114. The number of fused-ring (bicyclic) bond motifs is 1. The Kier molecular flexibility index (Phi) is 1.15. The summed E-state index contributed by atoms with van der Waals surface area (Å²) in [4.78, 5) is 0. The number of hydrogen-bond acceptors (Lipinski definition) is 3. The Bertz CT molecular complexity index is 361. The van der Waals surface area contributed by atoms with Gasteiger partial charge in [0, 0.05) is 18.8 Å². The van der Waals surface area contributed by atoms with Gasteiger partial charge >= 0.3 is 0 Å². The monoisotopic (exact) mass is 172 g/mol. The minimum atomic E-state index is -2.85. The zero-order chi connectivity index (χ0) is 8.06. The molecule has 5 heteroatoms. The number of aryl methyl sites for hydroxylation is 1. The highest BCUT2D eigenvalue weighted by Crippen LogP contribution is 2.22. The van der Waals surface area contributed by atoms with Gasteiger partial charge in [-0.25, -0.2) is 8.42 Å². The predicted octanol–water partition coefficient (Wildman–Crippen LogP) is -0.151. The Morgan fingerprint density at radius 1 is 1.55 bits per heavy atom. The van der Waals surface area contributed by atoms with Crippen LogP contribution < -0.4 is 0 Å². The largest absolute Gasteiger partial charge is 0.275 e. The lowest BCUT2D eigenvalue weighted by Gasteiger charge is -1.89. The van der Waals surface area contributed by atoms with E-state index in [4.69, 9.17) is 0 Å². The first-order valence-electron chi connectivity index (χ1n) is 3.29. The summed E-state index contributed by atoms with van der Waals surface area (Å²) in [7, 11) is -1.06. The number of hydrogen-bond donors (Lipinski definition) is 0. The van der Waals surface area contributed by atoms with Crippen molar-refractivity contribution < 1.29 is 8.42 Å². The molecule has 0 bridgehead atoms. The molecule has 0 unspecified atom stereocenters. The molecule has 0 radical (unpaired) electrons. The Labute approximate surface area is 64.8 Å². The van der Waals surface area contributed by atoms with Crippen LogP contribution in [0.4, 0.5) is 0 Å². The van der Waals surface area contributed by atoms with Crippen LogP contribution in [0.15, 0.2) is 6.20 Å². The molecule has 2 rings (SSSR count). The summed E-state index contributed by atoms with van der Waals surface area (Å²) in [6.45, 7) is 0. The smallest absolute Gasteiger partial charge is 0.160 e. The van der Waals surface area contributed by atoms with Crippen molar-refractivity contribution in [2.75, 3.05) is 0 Å². The summed E-state index contributed by atoms with van der Waals surface area (Å²) >= 11 is 0. The topological polar surface area (TPSA) is 52.0 Å². The van der Waals surface area contributed by atoms with Gasteiger partial charge in [-0.1, -0.05) is 0 Å². The number of nitrogens with zero attached hydrogens (tertiary/aromatic N) is 2. The van der Waals surface area contributed by atoms with Crippen LogP contribution in [0.25, 0.3) is 0 Å². The van der Waals surface area contributed by atoms with Crippen LogP contribution in [0.2, 0.25) is 0 Å². The van der Waals surface area contributed by atoms with Crippen LogP contribution in [0.3, 0.4) is 0 Å². The maximum Gasteiger partial charge on any atom is 0.160 e. The van der Waals surface area contributed by atoms with E-state index in [9.17, 15) is 8.42 Å². The summed E-state index contributed by atoms with van der Waals surface area (Å²) in [5, 5.41) is 4.02. The first kappa shape index (κ1) is 6.84. The molecule has 0 aromatic carbocycles. The molecule has 60 valence electrons. The Balaban J connectivity index is 2.53. The highest BCUT2D eigenvalue weighted by Gasteiger charge is 2.27. The summed E-state index contributed by atoms with van der Waals surface area (Å²) in [6.07, 6.45) is 1.76. The summed E-state index contributed by atoms with van der Waals surface area (Å²) in [6, 6.07) is 0. The van der Waals surface area contributed by atoms with E-state index in [0.717, 1.165) is 5.56 Å². The molecule has 0 atom stereocenters. The fourth-order valence-electron chi connectivity index (χ4n) is 1.32. The van der Waals surface area contributed by atoms with E-state index in [1.54, 1.807) is 17.9 Å². The highest BCUT2D eigenvalue weighted by molar-refractivity contribution is 7.90. The van der Waals surface area contributed by atoms with Gasteiger partial charge in [0.05, 0.1) is 17.2 Å². The van der Waals surface area contributed by atoms with Crippen LogP contribution in [0.5, 0.6) is 0 Å². The van der Waals surface area contributed by atoms with E-state index in [2.05, 4.69) is 5.10 Å². The van der Waals surface area contributed by atoms with Crippen molar-refractivity contribution in [1.82, 2.24) is 9.78 Å². The lowest BCUT2D eigenvalue weighted by atomic mass is 10.3. The van der Waals surface area contributed by atoms with Gasteiger partial charge in [0.25, 0.3) is 0 Å². The molecule has 0 amide bonds. The number of aromatic nitrogens is 2. The van der Waals surface area contributed by atoms with Crippen molar-refractivity contribution in [2.24, 2.45) is 7.05 Å².